The number of carbonyl (C=O) groups excluding carboxylic acids is 1. The average Bonchev–Trinajstić information content (AvgIpc) is 2.82. The number of nitrogens with zero attached hydrogens (tertiary/aromatic N) is 2. The molecule has 0 aromatic carbocycles. The molecule has 1 saturated carbocycles. The average molecular weight is 326 g/mol. The molecule has 1 N–H and O–H groups in total. The topological polar surface area (TPSA) is 46.9 Å². The van der Waals surface area contributed by atoms with Crippen LogP contribution in [0.25, 0.3) is 0 Å². The van der Waals surface area contributed by atoms with E-state index < -0.39 is 0 Å². The van der Waals surface area contributed by atoms with Gasteiger partial charge in [-0.3, -0.25) is 14.3 Å². The van der Waals surface area contributed by atoms with Gasteiger partial charge in [0.05, 0.1) is 5.69 Å². The van der Waals surface area contributed by atoms with E-state index in [1.807, 2.05) is 25.6 Å². The van der Waals surface area contributed by atoms with Crippen molar-refractivity contribution in [2.45, 2.75) is 65.7 Å². The number of fused-ring (bicyclic) bond motifs is 3. The summed E-state index contributed by atoms with van der Waals surface area (Å²) >= 11 is 5.85. The molecule has 124 valence electrons. The first-order valence-corrected chi connectivity index (χ1v) is 8.66. The number of nitrogens with one attached hydrogen (secondary N) is 1. The van der Waals surface area contributed by atoms with Gasteiger partial charge in [-0.15, -0.1) is 0 Å². The molecule has 0 aliphatic heterocycles. The van der Waals surface area contributed by atoms with Gasteiger partial charge >= 0.3 is 0 Å². The third-order valence-corrected chi connectivity index (χ3v) is 5.87. The summed E-state index contributed by atoms with van der Waals surface area (Å²) in [5.74, 6) is 1.66. The molecule has 0 bridgehead atoms. The van der Waals surface area contributed by atoms with Crippen LogP contribution >= 0.6 is 11.8 Å². The molecule has 1 aromatic rings. The predicted molar refractivity (Wildman–Crippen MR) is 91.2 cm³/mol. The first-order chi connectivity index (χ1) is 10.3. The van der Waals surface area contributed by atoms with Crippen molar-refractivity contribution in [2.75, 3.05) is 4.84 Å². The van der Waals surface area contributed by atoms with Crippen molar-refractivity contribution < 1.29 is 4.79 Å². The molecule has 0 spiro atoms. The van der Waals surface area contributed by atoms with Crippen molar-refractivity contribution in [1.82, 2.24) is 9.78 Å². The molecule has 1 fully saturated rings. The minimum atomic E-state index is -0.253. The Morgan fingerprint density at radius 1 is 1.27 bits per heavy atom. The van der Waals surface area contributed by atoms with Crippen LogP contribution in [-0.2, 0) is 23.7 Å². The highest BCUT2D eigenvalue weighted by Crippen LogP contribution is 2.56. The maximum absolute atomic E-state index is 12.3. The molecular weight excluding hydrogens is 298 g/mol. The Morgan fingerprint density at radius 2 is 1.91 bits per heavy atom. The van der Waals surface area contributed by atoms with Gasteiger partial charge in [-0.1, -0.05) is 34.6 Å². The van der Waals surface area contributed by atoms with Crippen molar-refractivity contribution in [3.63, 3.8) is 0 Å². The molecule has 0 saturated heterocycles. The summed E-state index contributed by atoms with van der Waals surface area (Å²) in [5, 5.41) is 4.73. The molecular formula is C17H28ClN3O. The minimum absolute atomic E-state index is 0.0191. The molecule has 0 amide bonds. The predicted octanol–water partition coefficient (Wildman–Crippen LogP) is 4.22. The van der Waals surface area contributed by atoms with Gasteiger partial charge < -0.3 is 0 Å². The first kappa shape index (κ1) is 17.3. The van der Waals surface area contributed by atoms with E-state index in [0.29, 0.717) is 18.1 Å². The van der Waals surface area contributed by atoms with Crippen molar-refractivity contribution in [3.8, 4) is 0 Å². The zero-order valence-corrected chi connectivity index (χ0v) is 15.3. The maximum Gasteiger partial charge on any atom is 0.141 e. The van der Waals surface area contributed by atoms with Crippen LogP contribution in [0, 0.1) is 11.3 Å². The number of hydrogen-bond donors (Lipinski definition) is 1. The quantitative estimate of drug-likeness (QED) is 0.786. The van der Waals surface area contributed by atoms with E-state index >= 15 is 0 Å². The Bertz CT molecular complexity index is 579. The Balaban J connectivity index is 0.000000847. The molecule has 4 nitrogen and oxygen atoms in total. The van der Waals surface area contributed by atoms with Crippen LogP contribution in [0.2, 0.25) is 0 Å². The van der Waals surface area contributed by atoms with E-state index in [9.17, 15) is 4.79 Å². The number of Topliss-reactive ketones (excluding diaryl/α,β-unsaturated/α-hetero) is 1. The van der Waals surface area contributed by atoms with Gasteiger partial charge in [0.25, 0.3) is 0 Å². The van der Waals surface area contributed by atoms with Crippen LogP contribution < -0.4 is 4.84 Å². The number of ketones is 1. The lowest BCUT2D eigenvalue weighted by Crippen LogP contribution is -2.52. The number of rotatable bonds is 1. The number of aromatic nitrogens is 2. The van der Waals surface area contributed by atoms with Gasteiger partial charge in [0, 0.05) is 41.6 Å². The number of hydrogen-bond acceptors (Lipinski definition) is 3. The molecule has 5 heteroatoms. The van der Waals surface area contributed by atoms with Gasteiger partial charge in [-0.2, -0.15) is 5.10 Å². The zero-order valence-electron chi connectivity index (χ0n) is 14.6. The van der Waals surface area contributed by atoms with E-state index in [1.165, 1.54) is 5.56 Å². The van der Waals surface area contributed by atoms with Crippen molar-refractivity contribution in [2.24, 2.45) is 18.4 Å². The summed E-state index contributed by atoms with van der Waals surface area (Å²) in [6.45, 7) is 10.5. The second kappa shape index (κ2) is 5.88. The van der Waals surface area contributed by atoms with Crippen LogP contribution in [0.5, 0.6) is 0 Å². The summed E-state index contributed by atoms with van der Waals surface area (Å²) in [5.41, 5.74) is 2.09. The summed E-state index contributed by atoms with van der Waals surface area (Å²) in [7, 11) is 1.92. The summed E-state index contributed by atoms with van der Waals surface area (Å²) in [6.07, 6.45) is 3.51. The number of halogens is 1. The zero-order chi connectivity index (χ0) is 16.7. The van der Waals surface area contributed by atoms with Crippen LogP contribution in [0.15, 0.2) is 0 Å². The Morgan fingerprint density at radius 3 is 2.50 bits per heavy atom. The monoisotopic (exact) mass is 325 g/mol. The van der Waals surface area contributed by atoms with E-state index in [1.54, 1.807) is 0 Å². The fourth-order valence-corrected chi connectivity index (χ4v) is 4.73. The van der Waals surface area contributed by atoms with Crippen LogP contribution in [0.1, 0.15) is 65.1 Å². The molecule has 2 aliphatic carbocycles. The lowest BCUT2D eigenvalue weighted by Gasteiger charge is -2.51. The molecule has 3 rings (SSSR count). The molecule has 2 atom stereocenters. The molecule has 2 unspecified atom stereocenters. The third kappa shape index (κ3) is 2.27. The summed E-state index contributed by atoms with van der Waals surface area (Å²) < 4.78 is 1.83. The van der Waals surface area contributed by atoms with Gasteiger partial charge in [0.15, 0.2) is 0 Å². The molecule has 1 aromatic heterocycles. The van der Waals surface area contributed by atoms with Crippen molar-refractivity contribution in [3.05, 3.63) is 11.3 Å². The highest BCUT2D eigenvalue weighted by molar-refractivity contribution is 6.23. The summed E-state index contributed by atoms with van der Waals surface area (Å²) in [4.78, 5) is 15.0. The fraction of sp³-hybridized carbons (Fsp3) is 0.765. The maximum atomic E-state index is 12.3. The highest BCUT2D eigenvalue weighted by Gasteiger charge is 2.55. The van der Waals surface area contributed by atoms with Crippen molar-refractivity contribution in [1.29, 1.82) is 0 Å². The molecule has 2 aliphatic rings. The van der Waals surface area contributed by atoms with E-state index in [2.05, 4.69) is 25.6 Å². The lowest BCUT2D eigenvalue weighted by molar-refractivity contribution is -0.137. The van der Waals surface area contributed by atoms with Gasteiger partial charge in [0.1, 0.15) is 11.6 Å². The number of anilines is 1. The van der Waals surface area contributed by atoms with Crippen molar-refractivity contribution >= 4 is 23.4 Å². The number of carbonyl (C=O) groups is 1. The third-order valence-electron chi connectivity index (χ3n) is 5.69. The minimum Gasteiger partial charge on any atom is -0.299 e. The number of aryl methyl sites for hydroxylation is 1. The van der Waals surface area contributed by atoms with Gasteiger partial charge in [-0.05, 0) is 25.2 Å². The Kier molecular flexibility index (Phi) is 4.63. The molecule has 0 radical (unpaired) electrons. The van der Waals surface area contributed by atoms with Gasteiger partial charge in [-0.25, -0.2) is 0 Å². The summed E-state index contributed by atoms with van der Waals surface area (Å²) in [6, 6.07) is 0. The Hall–Kier alpha value is -1.03. The second-order valence-electron chi connectivity index (χ2n) is 7.05. The smallest absolute Gasteiger partial charge is 0.141 e. The molecule has 1 heterocycles. The Labute approximate surface area is 138 Å². The van der Waals surface area contributed by atoms with E-state index in [4.69, 9.17) is 16.9 Å². The van der Waals surface area contributed by atoms with E-state index in [-0.39, 0.29) is 10.8 Å². The largest absolute Gasteiger partial charge is 0.299 e. The second-order valence-corrected chi connectivity index (χ2v) is 7.24. The van der Waals surface area contributed by atoms with Crippen LogP contribution in [0.4, 0.5) is 5.82 Å². The first-order valence-electron chi connectivity index (χ1n) is 8.28. The standard InChI is InChI=1S/C15H22ClN3O.C2H6/c1-14(2)10-6-5-9-12(18-19(4)13(9)17-16)15(10,3)8-7-11(14)20;1-2/h10,17H,5-8H2,1-4H3;1-2H3. The normalized spacial score (nSPS) is 29.0. The SMILES string of the molecule is CC.Cn1nc2c(c1NCl)CCC1C(C)(C)C(=O)CCC21C. The molecule has 22 heavy (non-hydrogen) atoms. The van der Waals surface area contributed by atoms with Gasteiger partial charge in [0.2, 0.25) is 0 Å². The lowest BCUT2D eigenvalue weighted by atomic mass is 9.51. The van der Waals surface area contributed by atoms with Crippen LogP contribution in [-0.4, -0.2) is 15.6 Å². The highest BCUT2D eigenvalue weighted by atomic mass is 35.5. The fourth-order valence-electron chi connectivity index (χ4n) is 4.49. The van der Waals surface area contributed by atoms with E-state index in [0.717, 1.165) is 30.8 Å². The van der Waals surface area contributed by atoms with Crippen LogP contribution in [0.3, 0.4) is 0 Å².